The second kappa shape index (κ2) is 5.34. The van der Waals surface area contributed by atoms with Crippen LogP contribution in [0.2, 0.25) is 5.02 Å². The molecular formula is C16H19ClN2O2. The Labute approximate surface area is 129 Å². The molecule has 2 amide bonds. The Morgan fingerprint density at radius 1 is 1.19 bits per heavy atom. The Kier molecular flexibility index (Phi) is 3.66. The molecule has 5 heteroatoms. The highest BCUT2D eigenvalue weighted by atomic mass is 35.5. The highest BCUT2D eigenvalue weighted by molar-refractivity contribution is 6.31. The lowest BCUT2D eigenvalue weighted by molar-refractivity contribution is -0.137. The maximum Gasteiger partial charge on any atom is 0.253 e. The lowest BCUT2D eigenvalue weighted by atomic mass is 9.79. The standard InChI is InChI=1S/C16H19ClN2O2/c1-11-12(17)6-5-7-13(11)19-10-14(20)18-16(15(19)21)8-3-2-4-9-16/h5-7H,2-4,8-10H2,1H3,(H,18,20). The smallest absolute Gasteiger partial charge is 0.253 e. The first-order valence-corrected chi connectivity index (χ1v) is 7.79. The van der Waals surface area contributed by atoms with Crippen molar-refractivity contribution >= 4 is 29.1 Å². The Morgan fingerprint density at radius 2 is 1.90 bits per heavy atom. The third kappa shape index (κ3) is 2.42. The van der Waals surface area contributed by atoms with Crippen molar-refractivity contribution in [1.29, 1.82) is 0 Å². The number of rotatable bonds is 1. The predicted molar refractivity (Wildman–Crippen MR) is 82.5 cm³/mol. The van der Waals surface area contributed by atoms with Gasteiger partial charge in [-0.25, -0.2) is 0 Å². The molecule has 1 N–H and O–H groups in total. The van der Waals surface area contributed by atoms with Crippen LogP contribution < -0.4 is 10.2 Å². The summed E-state index contributed by atoms with van der Waals surface area (Å²) in [5, 5.41) is 3.57. The molecule has 4 nitrogen and oxygen atoms in total. The molecule has 0 aromatic heterocycles. The number of carbonyl (C=O) groups is 2. The number of hydrogen-bond acceptors (Lipinski definition) is 2. The van der Waals surface area contributed by atoms with Crippen molar-refractivity contribution in [2.45, 2.75) is 44.6 Å². The monoisotopic (exact) mass is 306 g/mol. The highest BCUT2D eigenvalue weighted by Crippen LogP contribution is 2.35. The summed E-state index contributed by atoms with van der Waals surface area (Å²) in [5.41, 5.74) is 0.878. The first-order chi connectivity index (χ1) is 10.0. The molecule has 0 atom stereocenters. The molecule has 1 aromatic carbocycles. The van der Waals surface area contributed by atoms with E-state index in [9.17, 15) is 9.59 Å². The lowest BCUT2D eigenvalue weighted by Gasteiger charge is -2.44. The topological polar surface area (TPSA) is 49.4 Å². The molecule has 1 spiro atoms. The Hall–Kier alpha value is -1.55. The van der Waals surface area contributed by atoms with E-state index < -0.39 is 5.54 Å². The molecule has 1 aliphatic carbocycles. The van der Waals surface area contributed by atoms with Gasteiger partial charge in [0.25, 0.3) is 5.91 Å². The maximum atomic E-state index is 13.0. The number of piperazine rings is 1. The van der Waals surface area contributed by atoms with Gasteiger partial charge in [0.15, 0.2) is 0 Å². The Bertz CT molecular complexity index is 594. The van der Waals surface area contributed by atoms with Crippen molar-refractivity contribution in [2.75, 3.05) is 11.4 Å². The minimum absolute atomic E-state index is 0.00664. The van der Waals surface area contributed by atoms with Crippen molar-refractivity contribution in [2.24, 2.45) is 0 Å². The molecule has 0 bridgehead atoms. The van der Waals surface area contributed by atoms with E-state index in [2.05, 4.69) is 5.32 Å². The van der Waals surface area contributed by atoms with E-state index in [0.29, 0.717) is 5.02 Å². The van der Waals surface area contributed by atoms with E-state index in [0.717, 1.165) is 43.4 Å². The molecule has 112 valence electrons. The summed E-state index contributed by atoms with van der Waals surface area (Å²) in [6, 6.07) is 5.47. The lowest BCUT2D eigenvalue weighted by Crippen LogP contribution is -2.67. The van der Waals surface area contributed by atoms with Gasteiger partial charge in [0.1, 0.15) is 12.1 Å². The zero-order valence-electron chi connectivity index (χ0n) is 12.1. The van der Waals surface area contributed by atoms with Crippen LogP contribution in [0.3, 0.4) is 0 Å². The van der Waals surface area contributed by atoms with Crippen LogP contribution in [0.25, 0.3) is 0 Å². The molecule has 2 fully saturated rings. The summed E-state index contributed by atoms with van der Waals surface area (Å²) in [6.45, 7) is 1.95. The molecule has 1 aromatic rings. The predicted octanol–water partition coefficient (Wildman–Crippen LogP) is 2.81. The van der Waals surface area contributed by atoms with E-state index in [1.807, 2.05) is 19.1 Å². The number of anilines is 1. The number of nitrogens with one attached hydrogen (secondary N) is 1. The van der Waals surface area contributed by atoms with Crippen LogP contribution in [0.5, 0.6) is 0 Å². The molecule has 1 saturated carbocycles. The largest absolute Gasteiger partial charge is 0.340 e. The molecule has 1 saturated heterocycles. The SMILES string of the molecule is Cc1c(Cl)cccc1N1CC(=O)NC2(CCCCC2)C1=O. The fourth-order valence-corrected chi connectivity index (χ4v) is 3.58. The van der Waals surface area contributed by atoms with Crippen LogP contribution in [0, 0.1) is 6.92 Å². The summed E-state index contributed by atoms with van der Waals surface area (Å²) in [7, 11) is 0. The normalized spacial score (nSPS) is 21.5. The Balaban J connectivity index is 2.00. The Morgan fingerprint density at radius 3 is 2.62 bits per heavy atom. The van der Waals surface area contributed by atoms with E-state index in [4.69, 9.17) is 11.6 Å². The number of nitrogens with zero attached hydrogens (tertiary/aromatic N) is 1. The van der Waals surface area contributed by atoms with Crippen LogP contribution in [0.1, 0.15) is 37.7 Å². The van der Waals surface area contributed by atoms with Crippen LogP contribution in [-0.4, -0.2) is 23.9 Å². The summed E-state index contributed by atoms with van der Waals surface area (Å²) >= 11 is 6.16. The fraction of sp³-hybridized carbons (Fsp3) is 0.500. The second-order valence-corrected chi connectivity index (χ2v) is 6.37. The van der Waals surface area contributed by atoms with Gasteiger partial charge in [-0.05, 0) is 37.5 Å². The molecule has 21 heavy (non-hydrogen) atoms. The molecule has 3 rings (SSSR count). The van der Waals surface area contributed by atoms with E-state index >= 15 is 0 Å². The summed E-state index contributed by atoms with van der Waals surface area (Å²) in [5.74, 6) is -0.0805. The van der Waals surface area contributed by atoms with Gasteiger partial charge >= 0.3 is 0 Å². The summed E-state index contributed by atoms with van der Waals surface area (Å²) < 4.78 is 0. The van der Waals surface area contributed by atoms with Crippen molar-refractivity contribution in [3.8, 4) is 0 Å². The van der Waals surface area contributed by atoms with Gasteiger partial charge in [0, 0.05) is 10.7 Å². The molecular weight excluding hydrogens is 288 g/mol. The second-order valence-electron chi connectivity index (χ2n) is 5.97. The number of hydrogen-bond donors (Lipinski definition) is 1. The fourth-order valence-electron chi connectivity index (χ4n) is 3.41. The quantitative estimate of drug-likeness (QED) is 0.867. The van der Waals surface area contributed by atoms with Crippen LogP contribution in [-0.2, 0) is 9.59 Å². The minimum atomic E-state index is -0.706. The minimum Gasteiger partial charge on any atom is -0.340 e. The van der Waals surface area contributed by atoms with Gasteiger partial charge in [0.05, 0.1) is 0 Å². The van der Waals surface area contributed by atoms with Crippen molar-refractivity contribution in [1.82, 2.24) is 5.32 Å². The van der Waals surface area contributed by atoms with Crippen LogP contribution in [0.15, 0.2) is 18.2 Å². The zero-order chi connectivity index (χ0) is 15.0. The molecule has 1 aliphatic heterocycles. The van der Waals surface area contributed by atoms with Gasteiger partial charge < -0.3 is 10.2 Å². The van der Waals surface area contributed by atoms with E-state index in [1.165, 1.54) is 0 Å². The van der Waals surface area contributed by atoms with E-state index in [-0.39, 0.29) is 18.4 Å². The van der Waals surface area contributed by atoms with Crippen molar-refractivity contribution in [3.63, 3.8) is 0 Å². The maximum absolute atomic E-state index is 13.0. The zero-order valence-corrected chi connectivity index (χ0v) is 12.9. The number of halogens is 1. The third-order valence-electron chi connectivity index (χ3n) is 4.57. The van der Waals surface area contributed by atoms with Crippen LogP contribution >= 0.6 is 11.6 Å². The van der Waals surface area contributed by atoms with Crippen LogP contribution in [0.4, 0.5) is 5.69 Å². The summed E-state index contributed by atoms with van der Waals surface area (Å²) in [6.07, 6.45) is 4.55. The third-order valence-corrected chi connectivity index (χ3v) is 4.98. The average molecular weight is 307 g/mol. The first kappa shape index (κ1) is 14.4. The number of amides is 2. The van der Waals surface area contributed by atoms with Gasteiger partial charge in [0.2, 0.25) is 5.91 Å². The average Bonchev–Trinajstić information content (AvgIpc) is 2.47. The van der Waals surface area contributed by atoms with Gasteiger partial charge in [-0.15, -0.1) is 0 Å². The van der Waals surface area contributed by atoms with Gasteiger partial charge in [-0.3, -0.25) is 9.59 Å². The first-order valence-electron chi connectivity index (χ1n) is 7.42. The molecule has 0 unspecified atom stereocenters. The molecule has 2 aliphatic rings. The highest BCUT2D eigenvalue weighted by Gasteiger charge is 2.47. The number of benzene rings is 1. The van der Waals surface area contributed by atoms with Gasteiger partial charge in [-0.1, -0.05) is 36.9 Å². The van der Waals surface area contributed by atoms with Crippen molar-refractivity contribution in [3.05, 3.63) is 28.8 Å². The number of carbonyl (C=O) groups excluding carboxylic acids is 2. The molecule has 0 radical (unpaired) electrons. The van der Waals surface area contributed by atoms with E-state index in [1.54, 1.807) is 11.0 Å². The summed E-state index contributed by atoms with van der Waals surface area (Å²) in [4.78, 5) is 26.7. The van der Waals surface area contributed by atoms with Gasteiger partial charge in [-0.2, -0.15) is 0 Å². The molecule has 1 heterocycles. The van der Waals surface area contributed by atoms with Crippen molar-refractivity contribution < 1.29 is 9.59 Å².